The van der Waals surface area contributed by atoms with Crippen LogP contribution in [0, 0.1) is 0 Å². The maximum absolute atomic E-state index is 4.36. The van der Waals surface area contributed by atoms with Crippen LogP contribution in [0.4, 0.5) is 5.95 Å². The number of hydrogen-bond acceptors (Lipinski definition) is 5. The number of H-pyrrole nitrogens is 1. The first kappa shape index (κ1) is 12.6. The van der Waals surface area contributed by atoms with Crippen molar-refractivity contribution in [2.24, 2.45) is 7.05 Å². The fraction of sp³-hybridized carbons (Fsp3) is 0.545. The van der Waals surface area contributed by atoms with E-state index in [1.54, 1.807) is 0 Å². The van der Waals surface area contributed by atoms with E-state index in [0.29, 0.717) is 0 Å². The quantitative estimate of drug-likeness (QED) is 0.701. The molecule has 0 spiro atoms. The Balaban J connectivity index is 1.80. The molecule has 0 amide bonds. The van der Waals surface area contributed by atoms with E-state index < -0.39 is 0 Å². The Labute approximate surface area is 106 Å². The normalized spacial score (nSPS) is 10.8. The lowest BCUT2D eigenvalue weighted by Crippen LogP contribution is -2.20. The van der Waals surface area contributed by atoms with Crippen LogP contribution in [-0.4, -0.2) is 45.4 Å². The summed E-state index contributed by atoms with van der Waals surface area (Å²) < 4.78 is 2.08. The van der Waals surface area contributed by atoms with Crippen molar-refractivity contribution in [1.82, 2.24) is 30.0 Å². The fourth-order valence-corrected chi connectivity index (χ4v) is 1.79. The Kier molecular flexibility index (Phi) is 3.93. The molecule has 0 atom stereocenters. The monoisotopic (exact) mass is 249 g/mol. The molecule has 0 aromatic carbocycles. The third kappa shape index (κ3) is 2.86. The summed E-state index contributed by atoms with van der Waals surface area (Å²) in [6, 6.07) is 0. The Morgan fingerprint density at radius 3 is 2.83 bits per heavy atom. The van der Waals surface area contributed by atoms with Gasteiger partial charge in [0.05, 0.1) is 11.9 Å². The molecule has 2 rings (SSSR count). The van der Waals surface area contributed by atoms with Gasteiger partial charge in [-0.25, -0.2) is 9.97 Å². The number of nitrogens with zero attached hydrogens (tertiary/aromatic N) is 5. The van der Waals surface area contributed by atoms with E-state index in [2.05, 4.69) is 30.0 Å². The van der Waals surface area contributed by atoms with Crippen molar-refractivity contribution >= 4 is 5.95 Å². The van der Waals surface area contributed by atoms with Crippen LogP contribution in [-0.2, 0) is 20.0 Å². The molecule has 2 aromatic heterocycles. The number of anilines is 1. The largest absolute Gasteiger partial charge is 0.348 e. The van der Waals surface area contributed by atoms with Crippen LogP contribution in [0.25, 0.3) is 0 Å². The average molecular weight is 249 g/mol. The second kappa shape index (κ2) is 5.63. The molecule has 0 aliphatic rings. The second-order valence-electron chi connectivity index (χ2n) is 4.36. The van der Waals surface area contributed by atoms with Crippen LogP contribution in [0.1, 0.15) is 11.5 Å². The summed E-state index contributed by atoms with van der Waals surface area (Å²) in [4.78, 5) is 10.4. The number of aromatic amines is 1. The number of hydrogen-bond donors (Lipinski definition) is 2. The molecule has 0 saturated heterocycles. The molecule has 98 valence electrons. The lowest BCUT2D eigenvalue weighted by molar-refractivity contribution is 0.642. The molecule has 0 aliphatic heterocycles. The zero-order valence-corrected chi connectivity index (χ0v) is 11.0. The van der Waals surface area contributed by atoms with Gasteiger partial charge in [0.2, 0.25) is 5.95 Å². The topological polar surface area (TPSA) is 74.7 Å². The standard InChI is InChI=1S/C11H19N7/c1-17(2)11-13-7-9(18(11)3)6-12-5-4-10-14-8-15-16-10/h7-8,12H,4-6H2,1-3H3,(H,14,15,16). The first-order valence-electron chi connectivity index (χ1n) is 5.91. The molecule has 2 N–H and O–H groups in total. The summed E-state index contributed by atoms with van der Waals surface area (Å²) in [5.74, 6) is 1.86. The van der Waals surface area contributed by atoms with E-state index >= 15 is 0 Å². The molecule has 0 aliphatic carbocycles. The van der Waals surface area contributed by atoms with Crippen LogP contribution in [0.15, 0.2) is 12.5 Å². The Morgan fingerprint density at radius 2 is 2.22 bits per heavy atom. The Morgan fingerprint density at radius 1 is 1.39 bits per heavy atom. The maximum atomic E-state index is 4.36. The van der Waals surface area contributed by atoms with Gasteiger partial charge in [0.1, 0.15) is 12.2 Å². The van der Waals surface area contributed by atoms with E-state index in [4.69, 9.17) is 0 Å². The summed E-state index contributed by atoms with van der Waals surface area (Å²) in [5.41, 5.74) is 1.16. The minimum absolute atomic E-state index is 0.797. The van der Waals surface area contributed by atoms with Crippen LogP contribution in [0.2, 0.25) is 0 Å². The van der Waals surface area contributed by atoms with Gasteiger partial charge in [0.25, 0.3) is 0 Å². The lowest BCUT2D eigenvalue weighted by Gasteiger charge is -2.12. The minimum Gasteiger partial charge on any atom is -0.348 e. The van der Waals surface area contributed by atoms with Gasteiger partial charge >= 0.3 is 0 Å². The van der Waals surface area contributed by atoms with Crippen molar-refractivity contribution in [2.45, 2.75) is 13.0 Å². The van der Waals surface area contributed by atoms with Gasteiger partial charge in [-0.1, -0.05) is 0 Å². The molecule has 18 heavy (non-hydrogen) atoms. The smallest absolute Gasteiger partial charge is 0.204 e. The van der Waals surface area contributed by atoms with E-state index in [1.807, 2.05) is 32.2 Å². The molecule has 7 nitrogen and oxygen atoms in total. The highest BCUT2D eigenvalue weighted by Crippen LogP contribution is 2.10. The zero-order valence-electron chi connectivity index (χ0n) is 11.0. The van der Waals surface area contributed by atoms with Crippen LogP contribution in [0.5, 0.6) is 0 Å². The molecule has 0 fully saturated rings. The summed E-state index contributed by atoms with van der Waals surface area (Å²) in [6.45, 7) is 1.66. The number of imidazole rings is 1. The third-order valence-corrected chi connectivity index (χ3v) is 2.77. The van der Waals surface area contributed by atoms with Gasteiger partial charge in [-0.05, 0) is 0 Å². The maximum Gasteiger partial charge on any atom is 0.204 e. The summed E-state index contributed by atoms with van der Waals surface area (Å²) in [7, 11) is 6.00. The van der Waals surface area contributed by atoms with Crippen LogP contribution < -0.4 is 10.2 Å². The molecule has 2 heterocycles. The van der Waals surface area contributed by atoms with Gasteiger partial charge in [-0.2, -0.15) is 5.10 Å². The highest BCUT2D eigenvalue weighted by molar-refractivity contribution is 5.30. The highest BCUT2D eigenvalue weighted by atomic mass is 15.3. The van der Waals surface area contributed by atoms with Gasteiger partial charge < -0.3 is 14.8 Å². The van der Waals surface area contributed by atoms with Crippen molar-refractivity contribution in [3.8, 4) is 0 Å². The first-order chi connectivity index (χ1) is 8.68. The van der Waals surface area contributed by atoms with Gasteiger partial charge in [-0.15, -0.1) is 0 Å². The number of nitrogens with one attached hydrogen (secondary N) is 2. The SMILES string of the molecule is CN(C)c1ncc(CNCCc2ncn[nH]2)n1C. The molecular formula is C11H19N7. The van der Waals surface area contributed by atoms with Crippen LogP contribution in [0.3, 0.4) is 0 Å². The van der Waals surface area contributed by atoms with E-state index in [0.717, 1.165) is 37.0 Å². The molecule has 0 saturated carbocycles. The van der Waals surface area contributed by atoms with Gasteiger partial charge in [-0.3, -0.25) is 5.10 Å². The number of aromatic nitrogens is 5. The molecule has 0 radical (unpaired) electrons. The fourth-order valence-electron chi connectivity index (χ4n) is 1.79. The summed E-state index contributed by atoms with van der Waals surface area (Å²) >= 11 is 0. The second-order valence-corrected chi connectivity index (χ2v) is 4.36. The van der Waals surface area contributed by atoms with Crippen molar-refractivity contribution in [2.75, 3.05) is 25.5 Å². The van der Waals surface area contributed by atoms with Gasteiger partial charge in [0.15, 0.2) is 0 Å². The summed E-state index contributed by atoms with van der Waals surface area (Å²) in [5, 5.41) is 10.0. The third-order valence-electron chi connectivity index (χ3n) is 2.77. The van der Waals surface area contributed by atoms with Gasteiger partial charge in [0, 0.05) is 40.7 Å². The van der Waals surface area contributed by atoms with E-state index in [-0.39, 0.29) is 0 Å². The van der Waals surface area contributed by atoms with Crippen molar-refractivity contribution in [1.29, 1.82) is 0 Å². The molecular weight excluding hydrogens is 230 g/mol. The van der Waals surface area contributed by atoms with Crippen LogP contribution >= 0.6 is 0 Å². The van der Waals surface area contributed by atoms with Crippen molar-refractivity contribution in [3.63, 3.8) is 0 Å². The molecule has 0 unspecified atom stereocenters. The zero-order chi connectivity index (χ0) is 13.0. The molecule has 2 aromatic rings. The first-order valence-corrected chi connectivity index (χ1v) is 5.91. The predicted molar refractivity (Wildman–Crippen MR) is 69.3 cm³/mol. The van der Waals surface area contributed by atoms with Crippen molar-refractivity contribution in [3.05, 3.63) is 24.0 Å². The Bertz CT molecular complexity index is 472. The molecule has 7 heteroatoms. The van der Waals surface area contributed by atoms with E-state index in [9.17, 15) is 0 Å². The number of rotatable bonds is 6. The summed E-state index contributed by atoms with van der Waals surface area (Å²) in [6.07, 6.45) is 4.27. The van der Waals surface area contributed by atoms with E-state index in [1.165, 1.54) is 6.33 Å². The Hall–Kier alpha value is -1.89. The van der Waals surface area contributed by atoms with Crippen molar-refractivity contribution < 1.29 is 0 Å². The lowest BCUT2D eigenvalue weighted by atomic mass is 10.4. The molecule has 0 bridgehead atoms. The minimum atomic E-state index is 0.797. The predicted octanol–water partition coefficient (Wildman–Crippen LogP) is -0.0635. The highest BCUT2D eigenvalue weighted by Gasteiger charge is 2.07. The average Bonchev–Trinajstić information content (AvgIpc) is 2.95.